The predicted molar refractivity (Wildman–Crippen MR) is 107 cm³/mol. The van der Waals surface area contributed by atoms with E-state index >= 15 is 0 Å². The number of nitrogens with zero attached hydrogens (tertiary/aromatic N) is 5. The Kier molecular flexibility index (Phi) is 4.93. The number of aromatic nitrogens is 2. The highest BCUT2D eigenvalue weighted by atomic mass is 16.7. The van der Waals surface area contributed by atoms with Crippen molar-refractivity contribution in [1.29, 1.82) is 0 Å². The van der Waals surface area contributed by atoms with Crippen molar-refractivity contribution in [2.75, 3.05) is 51.0 Å². The Bertz CT molecular complexity index is 892. The van der Waals surface area contributed by atoms with Crippen LogP contribution in [0.2, 0.25) is 0 Å². The standard InChI is InChI=1S/C21H25N5O3/c27-20(17-5-6-22-21(23-17)26-7-1-2-8-26)25-11-9-24(10-12-25)14-16-3-4-18-19(13-16)29-15-28-18/h3-6,13H,1-2,7-12,14-15H2. The van der Waals surface area contributed by atoms with Crippen LogP contribution < -0.4 is 14.4 Å². The highest BCUT2D eigenvalue weighted by Gasteiger charge is 2.25. The monoisotopic (exact) mass is 395 g/mol. The van der Waals surface area contributed by atoms with Crippen molar-refractivity contribution in [2.24, 2.45) is 0 Å². The van der Waals surface area contributed by atoms with Crippen molar-refractivity contribution in [3.8, 4) is 11.5 Å². The fourth-order valence-corrected chi connectivity index (χ4v) is 4.11. The Morgan fingerprint density at radius 2 is 1.76 bits per heavy atom. The van der Waals surface area contributed by atoms with Gasteiger partial charge in [-0.05, 0) is 36.6 Å². The molecule has 0 unspecified atom stereocenters. The summed E-state index contributed by atoms with van der Waals surface area (Å²) in [6.07, 6.45) is 4.02. The van der Waals surface area contributed by atoms with Crippen LogP contribution in [0.4, 0.5) is 5.95 Å². The van der Waals surface area contributed by atoms with Crippen molar-refractivity contribution in [3.63, 3.8) is 0 Å². The van der Waals surface area contributed by atoms with Crippen LogP contribution in [0.15, 0.2) is 30.5 Å². The summed E-state index contributed by atoms with van der Waals surface area (Å²) in [5.74, 6) is 2.29. The molecule has 5 rings (SSSR count). The normalized spacial score (nSPS) is 19.0. The smallest absolute Gasteiger partial charge is 0.272 e. The van der Waals surface area contributed by atoms with Crippen LogP contribution in [0.3, 0.4) is 0 Å². The third-order valence-corrected chi connectivity index (χ3v) is 5.75. The summed E-state index contributed by atoms with van der Waals surface area (Å²) in [5, 5.41) is 0. The summed E-state index contributed by atoms with van der Waals surface area (Å²) >= 11 is 0. The third-order valence-electron chi connectivity index (χ3n) is 5.75. The average Bonchev–Trinajstić information content (AvgIpc) is 3.46. The molecule has 2 fully saturated rings. The molecule has 3 aliphatic heterocycles. The number of anilines is 1. The number of benzene rings is 1. The van der Waals surface area contributed by atoms with Crippen LogP contribution in [0.1, 0.15) is 28.9 Å². The number of carbonyl (C=O) groups excluding carboxylic acids is 1. The van der Waals surface area contributed by atoms with E-state index in [1.165, 1.54) is 5.56 Å². The van der Waals surface area contributed by atoms with Gasteiger partial charge in [0.1, 0.15) is 5.69 Å². The van der Waals surface area contributed by atoms with Gasteiger partial charge in [0.05, 0.1) is 0 Å². The average molecular weight is 395 g/mol. The van der Waals surface area contributed by atoms with Gasteiger partial charge in [-0.25, -0.2) is 9.97 Å². The number of fused-ring (bicyclic) bond motifs is 1. The van der Waals surface area contributed by atoms with E-state index in [0.29, 0.717) is 31.5 Å². The third kappa shape index (κ3) is 3.85. The summed E-state index contributed by atoms with van der Waals surface area (Å²) in [7, 11) is 0. The van der Waals surface area contributed by atoms with E-state index in [-0.39, 0.29) is 5.91 Å². The molecule has 1 amide bonds. The number of amides is 1. The number of hydrogen-bond acceptors (Lipinski definition) is 7. The van der Waals surface area contributed by atoms with Crippen LogP contribution in [0.25, 0.3) is 0 Å². The first-order valence-electron chi connectivity index (χ1n) is 10.2. The molecule has 8 nitrogen and oxygen atoms in total. The minimum atomic E-state index is -0.00410. The van der Waals surface area contributed by atoms with Gasteiger partial charge in [0.2, 0.25) is 12.7 Å². The van der Waals surface area contributed by atoms with Crippen molar-refractivity contribution >= 4 is 11.9 Å². The minimum Gasteiger partial charge on any atom is -0.454 e. The van der Waals surface area contributed by atoms with Gasteiger partial charge in [0, 0.05) is 52.0 Å². The predicted octanol–water partition coefficient (Wildman–Crippen LogP) is 1.76. The number of hydrogen-bond donors (Lipinski definition) is 0. The maximum atomic E-state index is 12.9. The first-order chi connectivity index (χ1) is 14.3. The topological polar surface area (TPSA) is 71.0 Å². The van der Waals surface area contributed by atoms with Gasteiger partial charge < -0.3 is 19.3 Å². The van der Waals surface area contributed by atoms with E-state index in [4.69, 9.17) is 9.47 Å². The molecule has 1 aromatic heterocycles. The Balaban J connectivity index is 1.18. The van der Waals surface area contributed by atoms with E-state index in [1.54, 1.807) is 12.3 Å². The molecule has 152 valence electrons. The van der Waals surface area contributed by atoms with Crippen LogP contribution >= 0.6 is 0 Å². The summed E-state index contributed by atoms with van der Waals surface area (Å²) in [4.78, 5) is 28.2. The zero-order chi connectivity index (χ0) is 19.6. The molecule has 0 N–H and O–H groups in total. The van der Waals surface area contributed by atoms with Gasteiger partial charge in [-0.2, -0.15) is 0 Å². The van der Waals surface area contributed by atoms with Gasteiger partial charge in [-0.15, -0.1) is 0 Å². The summed E-state index contributed by atoms with van der Waals surface area (Å²) < 4.78 is 10.8. The maximum absolute atomic E-state index is 12.9. The first kappa shape index (κ1) is 18.2. The second-order valence-electron chi connectivity index (χ2n) is 7.69. The molecule has 29 heavy (non-hydrogen) atoms. The lowest BCUT2D eigenvalue weighted by Gasteiger charge is -2.34. The quantitative estimate of drug-likeness (QED) is 0.781. The molecule has 0 bridgehead atoms. The Morgan fingerprint density at radius 1 is 0.966 bits per heavy atom. The molecule has 0 saturated carbocycles. The summed E-state index contributed by atoms with van der Waals surface area (Å²) in [6, 6.07) is 7.80. The van der Waals surface area contributed by atoms with Crippen molar-refractivity contribution < 1.29 is 14.3 Å². The maximum Gasteiger partial charge on any atom is 0.272 e. The van der Waals surface area contributed by atoms with Crippen molar-refractivity contribution in [1.82, 2.24) is 19.8 Å². The van der Waals surface area contributed by atoms with Crippen molar-refractivity contribution in [2.45, 2.75) is 19.4 Å². The number of ether oxygens (including phenoxy) is 2. The molecule has 2 saturated heterocycles. The van der Waals surface area contributed by atoms with Gasteiger partial charge in [0.25, 0.3) is 5.91 Å². The lowest BCUT2D eigenvalue weighted by molar-refractivity contribution is 0.0622. The highest BCUT2D eigenvalue weighted by Crippen LogP contribution is 2.32. The highest BCUT2D eigenvalue weighted by molar-refractivity contribution is 5.92. The van der Waals surface area contributed by atoms with E-state index in [1.807, 2.05) is 17.0 Å². The first-order valence-corrected chi connectivity index (χ1v) is 10.2. The SMILES string of the molecule is O=C(c1ccnc(N2CCCC2)n1)N1CCN(Cc2ccc3c(c2)OCO3)CC1. The Hall–Kier alpha value is -2.87. The molecule has 0 spiro atoms. The van der Waals surface area contributed by atoms with Crippen LogP contribution in [0, 0.1) is 0 Å². The van der Waals surface area contributed by atoms with Crippen LogP contribution in [-0.2, 0) is 6.54 Å². The lowest BCUT2D eigenvalue weighted by atomic mass is 10.1. The minimum absolute atomic E-state index is 0.00410. The second kappa shape index (κ2) is 7.87. The van der Waals surface area contributed by atoms with E-state index in [0.717, 1.165) is 57.1 Å². The van der Waals surface area contributed by atoms with Gasteiger partial charge in [-0.1, -0.05) is 6.07 Å². The van der Waals surface area contributed by atoms with Crippen molar-refractivity contribution in [3.05, 3.63) is 41.7 Å². The molecule has 2 aromatic rings. The van der Waals surface area contributed by atoms with Gasteiger partial charge >= 0.3 is 0 Å². The summed E-state index contributed by atoms with van der Waals surface area (Å²) in [5.41, 5.74) is 1.69. The zero-order valence-corrected chi connectivity index (χ0v) is 16.4. The number of carbonyl (C=O) groups is 1. The van der Waals surface area contributed by atoms with Gasteiger partial charge in [-0.3, -0.25) is 9.69 Å². The molecule has 0 atom stereocenters. The molecule has 4 heterocycles. The summed E-state index contributed by atoms with van der Waals surface area (Å²) in [6.45, 7) is 6.15. The lowest BCUT2D eigenvalue weighted by Crippen LogP contribution is -2.48. The molecular weight excluding hydrogens is 370 g/mol. The van der Waals surface area contributed by atoms with E-state index in [9.17, 15) is 4.79 Å². The zero-order valence-electron chi connectivity index (χ0n) is 16.4. The van der Waals surface area contributed by atoms with Gasteiger partial charge in [0.15, 0.2) is 11.5 Å². The Morgan fingerprint density at radius 3 is 2.59 bits per heavy atom. The fraction of sp³-hybridized carbons (Fsp3) is 0.476. The van der Waals surface area contributed by atoms with E-state index in [2.05, 4.69) is 25.8 Å². The molecular formula is C21H25N5O3. The molecule has 3 aliphatic rings. The largest absolute Gasteiger partial charge is 0.454 e. The molecule has 8 heteroatoms. The van der Waals surface area contributed by atoms with E-state index < -0.39 is 0 Å². The number of piperazine rings is 1. The number of rotatable bonds is 4. The molecule has 1 aromatic carbocycles. The van der Waals surface area contributed by atoms with Crippen LogP contribution in [0.5, 0.6) is 11.5 Å². The molecule has 0 aliphatic carbocycles. The van der Waals surface area contributed by atoms with Crippen LogP contribution in [-0.4, -0.2) is 71.7 Å². The molecule has 0 radical (unpaired) electrons. The Labute approximate surface area is 170 Å². The fourth-order valence-electron chi connectivity index (χ4n) is 4.11. The second-order valence-corrected chi connectivity index (χ2v) is 7.69.